The normalized spacial score (nSPS) is 35.5. The fraction of sp³-hybridized carbons (Fsp3) is 0.600. The van der Waals surface area contributed by atoms with Crippen molar-refractivity contribution in [1.82, 2.24) is 0 Å². The zero-order valence-corrected chi connectivity index (χ0v) is 7.54. The molecule has 0 aromatic carbocycles. The van der Waals surface area contributed by atoms with Crippen LogP contribution in [0, 0.1) is 11.3 Å². The molecule has 1 aliphatic carbocycles. The smallest absolute Gasteiger partial charge is 0.129 e. The maximum Gasteiger partial charge on any atom is 0.129 e. The summed E-state index contributed by atoms with van der Waals surface area (Å²) in [5.41, 5.74) is 0.703. The Labute approximate surface area is 72.7 Å². The number of hydrogen-bond donors (Lipinski definition) is 0. The summed E-state index contributed by atoms with van der Waals surface area (Å²) in [7, 11) is 0. The van der Waals surface area contributed by atoms with E-state index in [4.69, 9.17) is 0 Å². The number of carbonyl (C=O) groups excluding carboxylic acids is 2. The molecule has 0 spiro atoms. The van der Waals surface area contributed by atoms with Crippen molar-refractivity contribution < 1.29 is 9.59 Å². The fourth-order valence-electron chi connectivity index (χ4n) is 1.66. The maximum absolute atomic E-state index is 10.7. The minimum absolute atomic E-state index is 0.0398. The van der Waals surface area contributed by atoms with Crippen LogP contribution in [0.3, 0.4) is 0 Å². The van der Waals surface area contributed by atoms with Gasteiger partial charge in [0.15, 0.2) is 0 Å². The molecular formula is C10H14O2. The molecule has 0 fully saturated rings. The zero-order valence-electron chi connectivity index (χ0n) is 7.54. The first-order chi connectivity index (χ1) is 5.61. The molecule has 0 amide bonds. The topological polar surface area (TPSA) is 34.1 Å². The van der Waals surface area contributed by atoms with Gasteiger partial charge in [-0.25, -0.2) is 0 Å². The van der Waals surface area contributed by atoms with Gasteiger partial charge >= 0.3 is 0 Å². The Bertz CT molecular complexity index is 230. The molecule has 0 heterocycles. The van der Waals surface area contributed by atoms with E-state index in [2.05, 4.69) is 0 Å². The quantitative estimate of drug-likeness (QED) is 0.462. The van der Waals surface area contributed by atoms with E-state index in [-0.39, 0.29) is 11.3 Å². The Morgan fingerprint density at radius 2 is 2.25 bits per heavy atom. The molecule has 0 radical (unpaired) electrons. The summed E-state index contributed by atoms with van der Waals surface area (Å²) in [5, 5.41) is 0. The van der Waals surface area contributed by atoms with Gasteiger partial charge in [-0.2, -0.15) is 0 Å². The first-order valence-corrected chi connectivity index (χ1v) is 4.22. The van der Waals surface area contributed by atoms with Gasteiger partial charge in [-0.3, -0.25) is 0 Å². The van der Waals surface area contributed by atoms with E-state index in [1.807, 2.05) is 19.9 Å². The molecule has 2 unspecified atom stereocenters. The first kappa shape index (κ1) is 9.17. The summed E-state index contributed by atoms with van der Waals surface area (Å²) in [6, 6.07) is 0. The highest BCUT2D eigenvalue weighted by molar-refractivity contribution is 5.66. The lowest BCUT2D eigenvalue weighted by molar-refractivity contribution is -0.115. The minimum Gasteiger partial charge on any atom is -0.303 e. The summed E-state index contributed by atoms with van der Waals surface area (Å²) >= 11 is 0. The van der Waals surface area contributed by atoms with Crippen LogP contribution in [0.4, 0.5) is 0 Å². The van der Waals surface area contributed by atoms with Crippen molar-refractivity contribution in [2.75, 3.05) is 0 Å². The van der Waals surface area contributed by atoms with Crippen molar-refractivity contribution in [3.63, 3.8) is 0 Å². The minimum atomic E-state index is -0.330. The SMILES string of the molecule is CC1=CC(C)(C=O)CCC1C=O. The van der Waals surface area contributed by atoms with Crippen LogP contribution in [-0.4, -0.2) is 12.6 Å². The molecule has 12 heavy (non-hydrogen) atoms. The van der Waals surface area contributed by atoms with Crippen molar-refractivity contribution in [3.05, 3.63) is 11.6 Å². The van der Waals surface area contributed by atoms with E-state index < -0.39 is 0 Å². The lowest BCUT2D eigenvalue weighted by atomic mass is 9.75. The van der Waals surface area contributed by atoms with E-state index in [1.54, 1.807) is 0 Å². The fourth-order valence-corrected chi connectivity index (χ4v) is 1.66. The average Bonchev–Trinajstić information content (AvgIpc) is 2.05. The number of aldehydes is 2. The van der Waals surface area contributed by atoms with Gasteiger partial charge in [0.05, 0.1) is 0 Å². The monoisotopic (exact) mass is 166 g/mol. The van der Waals surface area contributed by atoms with Crippen molar-refractivity contribution in [1.29, 1.82) is 0 Å². The third-order valence-corrected chi connectivity index (χ3v) is 2.57. The second kappa shape index (κ2) is 3.21. The van der Waals surface area contributed by atoms with E-state index in [1.165, 1.54) is 0 Å². The highest BCUT2D eigenvalue weighted by Crippen LogP contribution is 2.34. The highest BCUT2D eigenvalue weighted by Gasteiger charge is 2.28. The Kier molecular flexibility index (Phi) is 2.46. The first-order valence-electron chi connectivity index (χ1n) is 4.22. The van der Waals surface area contributed by atoms with Gasteiger partial charge in [-0.1, -0.05) is 11.6 Å². The maximum atomic E-state index is 10.7. The summed E-state index contributed by atoms with van der Waals surface area (Å²) in [5.74, 6) is 0.0398. The Morgan fingerprint density at radius 1 is 1.58 bits per heavy atom. The van der Waals surface area contributed by atoms with E-state index in [9.17, 15) is 9.59 Å². The molecule has 0 aromatic rings. The number of allylic oxidation sites excluding steroid dienone is 2. The number of carbonyl (C=O) groups is 2. The van der Waals surface area contributed by atoms with Gasteiger partial charge < -0.3 is 9.59 Å². The molecule has 1 rings (SSSR count). The van der Waals surface area contributed by atoms with Crippen molar-refractivity contribution in [2.45, 2.75) is 26.7 Å². The van der Waals surface area contributed by atoms with Crippen LogP contribution >= 0.6 is 0 Å². The van der Waals surface area contributed by atoms with Crippen molar-refractivity contribution in [2.24, 2.45) is 11.3 Å². The van der Waals surface area contributed by atoms with Gasteiger partial charge in [0, 0.05) is 11.3 Å². The standard InChI is InChI=1S/C10H14O2/c1-8-5-10(2,7-12)4-3-9(8)6-11/h5-7,9H,3-4H2,1-2H3. The van der Waals surface area contributed by atoms with Crippen molar-refractivity contribution in [3.8, 4) is 0 Å². The Balaban J connectivity index is 2.87. The van der Waals surface area contributed by atoms with Crippen LogP contribution in [0.25, 0.3) is 0 Å². The third-order valence-electron chi connectivity index (χ3n) is 2.57. The molecular weight excluding hydrogens is 152 g/mol. The van der Waals surface area contributed by atoms with Gasteiger partial charge in [-0.15, -0.1) is 0 Å². The van der Waals surface area contributed by atoms with E-state index in [0.717, 1.165) is 31.0 Å². The van der Waals surface area contributed by atoms with Gasteiger partial charge in [0.2, 0.25) is 0 Å². The van der Waals surface area contributed by atoms with Gasteiger partial charge in [0.1, 0.15) is 12.6 Å². The molecule has 0 aromatic heterocycles. The van der Waals surface area contributed by atoms with E-state index >= 15 is 0 Å². The molecule has 0 N–H and O–H groups in total. The van der Waals surface area contributed by atoms with E-state index in [0.29, 0.717) is 0 Å². The number of rotatable bonds is 2. The predicted octanol–water partition coefficient (Wildman–Crippen LogP) is 1.75. The predicted molar refractivity (Wildman–Crippen MR) is 46.7 cm³/mol. The van der Waals surface area contributed by atoms with Gasteiger partial charge in [0.25, 0.3) is 0 Å². The molecule has 2 nitrogen and oxygen atoms in total. The molecule has 0 saturated carbocycles. The van der Waals surface area contributed by atoms with Gasteiger partial charge in [-0.05, 0) is 26.7 Å². The average molecular weight is 166 g/mol. The second-order valence-electron chi connectivity index (χ2n) is 3.79. The zero-order chi connectivity index (χ0) is 9.19. The third kappa shape index (κ3) is 1.63. The molecule has 1 aliphatic rings. The molecule has 2 atom stereocenters. The lowest BCUT2D eigenvalue weighted by Gasteiger charge is -2.28. The van der Waals surface area contributed by atoms with Crippen LogP contribution in [0.1, 0.15) is 26.7 Å². The Hall–Kier alpha value is -0.920. The molecule has 0 saturated heterocycles. The van der Waals surface area contributed by atoms with Crippen LogP contribution in [-0.2, 0) is 9.59 Å². The van der Waals surface area contributed by atoms with Crippen LogP contribution in [0.2, 0.25) is 0 Å². The van der Waals surface area contributed by atoms with Crippen LogP contribution in [0.5, 0.6) is 0 Å². The number of hydrogen-bond acceptors (Lipinski definition) is 2. The molecule has 0 bridgehead atoms. The Morgan fingerprint density at radius 3 is 2.67 bits per heavy atom. The summed E-state index contributed by atoms with van der Waals surface area (Å²) in [6.07, 6.45) is 5.45. The molecule has 2 heteroatoms. The lowest BCUT2D eigenvalue weighted by Crippen LogP contribution is -2.23. The summed E-state index contributed by atoms with van der Waals surface area (Å²) in [4.78, 5) is 21.2. The summed E-state index contributed by atoms with van der Waals surface area (Å²) in [6.45, 7) is 3.82. The summed E-state index contributed by atoms with van der Waals surface area (Å²) < 4.78 is 0. The van der Waals surface area contributed by atoms with Crippen LogP contribution in [0.15, 0.2) is 11.6 Å². The van der Waals surface area contributed by atoms with Crippen LogP contribution < -0.4 is 0 Å². The largest absolute Gasteiger partial charge is 0.303 e. The second-order valence-corrected chi connectivity index (χ2v) is 3.79. The van der Waals surface area contributed by atoms with Crippen molar-refractivity contribution >= 4 is 12.6 Å². The highest BCUT2D eigenvalue weighted by atomic mass is 16.1. The molecule has 66 valence electrons. The molecule has 0 aliphatic heterocycles.